The zero-order valence-electron chi connectivity index (χ0n) is 11.2. The van der Waals surface area contributed by atoms with Gasteiger partial charge in [-0.2, -0.15) is 0 Å². The van der Waals surface area contributed by atoms with Gasteiger partial charge in [-0.1, -0.05) is 18.2 Å². The summed E-state index contributed by atoms with van der Waals surface area (Å²) in [5.74, 6) is 1.52. The van der Waals surface area contributed by atoms with Gasteiger partial charge in [-0.25, -0.2) is 0 Å². The van der Waals surface area contributed by atoms with Crippen molar-refractivity contribution in [2.45, 2.75) is 13.1 Å². The van der Waals surface area contributed by atoms with Crippen molar-refractivity contribution < 1.29 is 14.4 Å². The van der Waals surface area contributed by atoms with Gasteiger partial charge in [0.15, 0.2) is 11.5 Å². The summed E-state index contributed by atoms with van der Waals surface area (Å²) in [7, 11) is 0. The number of benzene rings is 2. The van der Waals surface area contributed by atoms with Gasteiger partial charge in [-0.05, 0) is 23.3 Å². The average Bonchev–Trinajstić information content (AvgIpc) is 2.95. The summed E-state index contributed by atoms with van der Waals surface area (Å²) < 4.78 is 10.6. The minimum atomic E-state index is -0.388. The van der Waals surface area contributed by atoms with Gasteiger partial charge in [-0.3, -0.25) is 10.1 Å². The number of nitrogens with one attached hydrogen (secondary N) is 1. The lowest BCUT2D eigenvalue weighted by atomic mass is 10.1. The molecule has 1 aliphatic rings. The Balaban J connectivity index is 1.59. The zero-order chi connectivity index (χ0) is 14.7. The number of rotatable bonds is 5. The molecule has 0 aromatic heterocycles. The monoisotopic (exact) mass is 286 g/mol. The summed E-state index contributed by atoms with van der Waals surface area (Å²) in [5, 5.41) is 14.0. The second-order valence-electron chi connectivity index (χ2n) is 4.72. The third-order valence-electron chi connectivity index (χ3n) is 3.22. The Kier molecular flexibility index (Phi) is 3.70. The van der Waals surface area contributed by atoms with Crippen LogP contribution in [0.1, 0.15) is 11.1 Å². The Labute approximate surface area is 121 Å². The molecule has 0 unspecified atom stereocenters. The fourth-order valence-electron chi connectivity index (χ4n) is 2.18. The summed E-state index contributed by atoms with van der Waals surface area (Å²) in [6.45, 7) is 1.48. The highest BCUT2D eigenvalue weighted by atomic mass is 16.7. The van der Waals surface area contributed by atoms with Crippen molar-refractivity contribution in [3.05, 3.63) is 63.7 Å². The summed E-state index contributed by atoms with van der Waals surface area (Å²) in [6.07, 6.45) is 0. The minimum Gasteiger partial charge on any atom is -0.454 e. The van der Waals surface area contributed by atoms with E-state index in [4.69, 9.17) is 9.47 Å². The molecule has 0 radical (unpaired) electrons. The molecule has 0 aliphatic carbocycles. The first-order chi connectivity index (χ1) is 10.2. The summed E-state index contributed by atoms with van der Waals surface area (Å²) in [4.78, 5) is 10.3. The fraction of sp³-hybridized carbons (Fsp3) is 0.200. The van der Waals surface area contributed by atoms with E-state index in [0.717, 1.165) is 22.6 Å². The summed E-state index contributed by atoms with van der Waals surface area (Å²) in [6, 6.07) is 12.4. The third kappa shape index (κ3) is 3.11. The molecule has 0 bridgehead atoms. The molecule has 0 fully saturated rings. The third-order valence-corrected chi connectivity index (χ3v) is 3.22. The molecule has 3 rings (SSSR count). The van der Waals surface area contributed by atoms with Gasteiger partial charge in [-0.15, -0.1) is 0 Å². The van der Waals surface area contributed by atoms with E-state index < -0.39 is 0 Å². The zero-order valence-corrected chi connectivity index (χ0v) is 11.2. The highest BCUT2D eigenvalue weighted by molar-refractivity contribution is 5.44. The maximum absolute atomic E-state index is 10.7. The van der Waals surface area contributed by atoms with Crippen LogP contribution in [0, 0.1) is 10.1 Å². The van der Waals surface area contributed by atoms with E-state index in [0.29, 0.717) is 13.1 Å². The molecule has 0 saturated carbocycles. The largest absolute Gasteiger partial charge is 0.454 e. The lowest BCUT2D eigenvalue weighted by Gasteiger charge is -2.06. The highest BCUT2D eigenvalue weighted by Crippen LogP contribution is 2.32. The first-order valence-electron chi connectivity index (χ1n) is 6.55. The quantitative estimate of drug-likeness (QED) is 0.675. The van der Waals surface area contributed by atoms with E-state index in [9.17, 15) is 10.1 Å². The number of nitrogens with zero attached hydrogens (tertiary/aromatic N) is 1. The van der Waals surface area contributed by atoms with Crippen molar-refractivity contribution in [3.8, 4) is 11.5 Å². The van der Waals surface area contributed by atoms with Crippen LogP contribution in [-0.2, 0) is 13.1 Å². The Morgan fingerprint density at radius 2 is 1.81 bits per heavy atom. The Morgan fingerprint density at radius 3 is 2.62 bits per heavy atom. The number of hydrogen-bond donors (Lipinski definition) is 1. The molecule has 0 spiro atoms. The van der Waals surface area contributed by atoms with Gasteiger partial charge in [0.05, 0.1) is 4.92 Å². The predicted molar refractivity (Wildman–Crippen MR) is 76.2 cm³/mol. The first kappa shape index (κ1) is 13.4. The van der Waals surface area contributed by atoms with Crippen molar-refractivity contribution in [2.75, 3.05) is 6.79 Å². The second kappa shape index (κ2) is 5.80. The van der Waals surface area contributed by atoms with Gasteiger partial charge < -0.3 is 14.8 Å². The van der Waals surface area contributed by atoms with E-state index in [-0.39, 0.29) is 17.4 Å². The molecule has 1 heterocycles. The maximum atomic E-state index is 10.7. The van der Waals surface area contributed by atoms with E-state index in [1.165, 1.54) is 6.07 Å². The molecule has 6 nitrogen and oxygen atoms in total. The van der Waals surface area contributed by atoms with Gasteiger partial charge in [0, 0.05) is 25.2 Å². The Morgan fingerprint density at radius 1 is 1.05 bits per heavy atom. The van der Waals surface area contributed by atoms with Crippen molar-refractivity contribution >= 4 is 5.69 Å². The van der Waals surface area contributed by atoms with E-state index in [1.54, 1.807) is 12.1 Å². The van der Waals surface area contributed by atoms with Crippen LogP contribution in [-0.4, -0.2) is 11.7 Å². The molecule has 108 valence electrons. The molecular formula is C15H14N2O4. The first-order valence-corrected chi connectivity index (χ1v) is 6.55. The Bertz CT molecular complexity index is 672. The van der Waals surface area contributed by atoms with E-state index >= 15 is 0 Å². The van der Waals surface area contributed by atoms with Crippen LogP contribution < -0.4 is 14.8 Å². The lowest BCUT2D eigenvalue weighted by Crippen LogP contribution is -2.12. The predicted octanol–water partition coefficient (Wildman–Crippen LogP) is 2.61. The van der Waals surface area contributed by atoms with Crippen LogP contribution in [0.25, 0.3) is 0 Å². The number of nitro benzene ring substituents is 1. The molecule has 1 aliphatic heterocycles. The number of hydrogen-bond acceptors (Lipinski definition) is 5. The number of nitro groups is 1. The molecule has 2 aromatic carbocycles. The molecule has 2 aromatic rings. The van der Waals surface area contributed by atoms with Crippen LogP contribution in [0.3, 0.4) is 0 Å². The standard InChI is InChI=1S/C15H14N2O4/c18-17(19)13-3-1-2-11(6-13)8-16-9-12-4-5-14-15(7-12)21-10-20-14/h1-7,16H,8-10H2. The second-order valence-corrected chi connectivity index (χ2v) is 4.72. The normalized spacial score (nSPS) is 12.4. The van der Waals surface area contributed by atoms with Gasteiger partial charge in [0.1, 0.15) is 0 Å². The Hall–Kier alpha value is -2.60. The van der Waals surface area contributed by atoms with Crippen molar-refractivity contribution in [3.63, 3.8) is 0 Å². The van der Waals surface area contributed by atoms with Gasteiger partial charge in [0.25, 0.3) is 5.69 Å². The molecule has 0 atom stereocenters. The minimum absolute atomic E-state index is 0.109. The smallest absolute Gasteiger partial charge is 0.269 e. The molecule has 21 heavy (non-hydrogen) atoms. The van der Waals surface area contributed by atoms with Crippen LogP contribution >= 0.6 is 0 Å². The number of non-ortho nitro benzene ring substituents is 1. The van der Waals surface area contributed by atoms with Crippen LogP contribution in [0.5, 0.6) is 11.5 Å². The average molecular weight is 286 g/mol. The summed E-state index contributed by atoms with van der Waals surface area (Å²) in [5.41, 5.74) is 2.06. The van der Waals surface area contributed by atoms with Crippen molar-refractivity contribution in [1.29, 1.82) is 0 Å². The van der Waals surface area contributed by atoms with Gasteiger partial charge in [0.2, 0.25) is 6.79 Å². The maximum Gasteiger partial charge on any atom is 0.269 e. The molecule has 6 heteroatoms. The van der Waals surface area contributed by atoms with E-state index in [1.807, 2.05) is 24.3 Å². The molecule has 0 amide bonds. The highest BCUT2D eigenvalue weighted by Gasteiger charge is 2.12. The number of ether oxygens (including phenoxy) is 2. The number of fused-ring (bicyclic) bond motifs is 1. The van der Waals surface area contributed by atoms with Crippen LogP contribution in [0.4, 0.5) is 5.69 Å². The van der Waals surface area contributed by atoms with Crippen LogP contribution in [0.15, 0.2) is 42.5 Å². The molecular weight excluding hydrogens is 272 g/mol. The SMILES string of the molecule is O=[N+]([O-])c1cccc(CNCc2ccc3c(c2)OCO3)c1. The van der Waals surface area contributed by atoms with Crippen molar-refractivity contribution in [1.82, 2.24) is 5.32 Å². The lowest BCUT2D eigenvalue weighted by molar-refractivity contribution is -0.384. The molecule has 0 saturated heterocycles. The molecule has 1 N–H and O–H groups in total. The van der Waals surface area contributed by atoms with E-state index in [2.05, 4.69) is 5.32 Å². The van der Waals surface area contributed by atoms with Crippen molar-refractivity contribution in [2.24, 2.45) is 0 Å². The van der Waals surface area contributed by atoms with Crippen LogP contribution in [0.2, 0.25) is 0 Å². The topological polar surface area (TPSA) is 73.6 Å². The fourth-order valence-corrected chi connectivity index (χ4v) is 2.18. The van der Waals surface area contributed by atoms with Gasteiger partial charge >= 0.3 is 0 Å². The summed E-state index contributed by atoms with van der Waals surface area (Å²) >= 11 is 0.